The van der Waals surface area contributed by atoms with E-state index in [9.17, 15) is 18.5 Å². The monoisotopic (exact) mass is 474 g/mol. The molecule has 0 aromatic heterocycles. The standard InChI is InChI=1S/C23H30N4O5S/c1-7-26(8-2)23(28)16-27(20-13-18(25(3)4)10-9-17(20)15-24)33(29,30)19-11-12-21(31-5)22(14-19)32-6/h9-14H,7-8,16H2,1-6H3. The van der Waals surface area contributed by atoms with E-state index >= 15 is 0 Å². The van der Waals surface area contributed by atoms with Crippen molar-refractivity contribution in [2.45, 2.75) is 18.7 Å². The van der Waals surface area contributed by atoms with Crippen LogP contribution < -0.4 is 18.7 Å². The molecule has 0 aliphatic carbocycles. The number of likely N-dealkylation sites (N-methyl/N-ethyl adjacent to an activating group) is 1. The third-order valence-corrected chi connectivity index (χ3v) is 6.98. The van der Waals surface area contributed by atoms with E-state index in [4.69, 9.17) is 9.47 Å². The molecule has 33 heavy (non-hydrogen) atoms. The number of carbonyl (C=O) groups excluding carboxylic acids is 1. The number of methoxy groups -OCH3 is 2. The molecule has 0 N–H and O–H groups in total. The summed E-state index contributed by atoms with van der Waals surface area (Å²) in [5.41, 5.74) is 0.947. The third-order valence-electron chi connectivity index (χ3n) is 5.22. The van der Waals surface area contributed by atoms with Crippen molar-refractivity contribution in [3.05, 3.63) is 42.0 Å². The SMILES string of the molecule is CCN(CC)C(=O)CN(c1cc(N(C)C)ccc1C#N)S(=O)(=O)c1ccc(OC)c(OC)c1. The summed E-state index contributed by atoms with van der Waals surface area (Å²) in [4.78, 5) is 16.2. The molecule has 0 spiro atoms. The third kappa shape index (κ3) is 5.49. The highest BCUT2D eigenvalue weighted by Crippen LogP contribution is 2.34. The molecule has 0 unspecified atom stereocenters. The fourth-order valence-corrected chi connectivity index (χ4v) is 4.74. The lowest BCUT2D eigenvalue weighted by Gasteiger charge is -2.29. The van der Waals surface area contributed by atoms with Crippen molar-refractivity contribution >= 4 is 27.3 Å². The van der Waals surface area contributed by atoms with E-state index in [1.807, 2.05) is 19.9 Å². The number of rotatable bonds is 10. The van der Waals surface area contributed by atoms with E-state index in [1.165, 1.54) is 32.4 Å². The topological polar surface area (TPSA) is 103 Å². The van der Waals surface area contributed by atoms with Crippen molar-refractivity contribution < 1.29 is 22.7 Å². The molecule has 1 amide bonds. The zero-order valence-electron chi connectivity index (χ0n) is 19.8. The Morgan fingerprint density at radius 1 is 1.00 bits per heavy atom. The van der Waals surface area contributed by atoms with Crippen molar-refractivity contribution in [3.63, 3.8) is 0 Å². The summed E-state index contributed by atoms with van der Waals surface area (Å²) in [6, 6.07) is 11.1. The Labute approximate surface area is 195 Å². The lowest BCUT2D eigenvalue weighted by atomic mass is 10.1. The zero-order valence-corrected chi connectivity index (χ0v) is 20.6. The minimum atomic E-state index is -4.25. The lowest BCUT2D eigenvalue weighted by Crippen LogP contribution is -2.43. The van der Waals surface area contributed by atoms with E-state index in [0.29, 0.717) is 24.5 Å². The van der Waals surface area contributed by atoms with Gasteiger partial charge in [0.1, 0.15) is 12.6 Å². The van der Waals surface area contributed by atoms with Gasteiger partial charge in [0.15, 0.2) is 11.5 Å². The summed E-state index contributed by atoms with van der Waals surface area (Å²) in [6.07, 6.45) is 0. The van der Waals surface area contributed by atoms with Crippen molar-refractivity contribution in [1.82, 2.24) is 4.90 Å². The average molecular weight is 475 g/mol. The van der Waals surface area contributed by atoms with Crippen LogP contribution in [0, 0.1) is 11.3 Å². The molecule has 0 saturated carbocycles. The van der Waals surface area contributed by atoms with Crippen LogP contribution in [-0.2, 0) is 14.8 Å². The fraction of sp³-hybridized carbons (Fsp3) is 0.391. The van der Waals surface area contributed by atoms with E-state index in [2.05, 4.69) is 0 Å². The van der Waals surface area contributed by atoms with Crippen LogP contribution in [0.1, 0.15) is 19.4 Å². The quantitative estimate of drug-likeness (QED) is 0.522. The van der Waals surface area contributed by atoms with E-state index in [1.54, 1.807) is 42.1 Å². The van der Waals surface area contributed by atoms with Gasteiger partial charge in [0.05, 0.1) is 30.4 Å². The van der Waals surface area contributed by atoms with Crippen molar-refractivity contribution in [1.29, 1.82) is 5.26 Å². The van der Waals surface area contributed by atoms with Gasteiger partial charge in [-0.15, -0.1) is 0 Å². The molecule has 10 heteroatoms. The van der Waals surface area contributed by atoms with Gasteiger partial charge in [-0.1, -0.05) is 0 Å². The summed E-state index contributed by atoms with van der Waals surface area (Å²) in [7, 11) is 2.22. The van der Waals surface area contributed by atoms with Crippen LogP contribution in [0.5, 0.6) is 11.5 Å². The summed E-state index contributed by atoms with van der Waals surface area (Å²) in [5.74, 6) is 0.230. The maximum absolute atomic E-state index is 13.8. The van der Waals surface area contributed by atoms with Crippen LogP contribution in [0.4, 0.5) is 11.4 Å². The summed E-state index contributed by atoms with van der Waals surface area (Å²) >= 11 is 0. The molecule has 2 aromatic carbocycles. The van der Waals surface area contributed by atoms with Gasteiger partial charge in [-0.05, 0) is 44.2 Å². The molecule has 0 saturated heterocycles. The van der Waals surface area contributed by atoms with Gasteiger partial charge in [0.2, 0.25) is 5.91 Å². The first kappa shape index (κ1) is 25.8. The maximum atomic E-state index is 13.8. The molecule has 9 nitrogen and oxygen atoms in total. The first-order chi connectivity index (χ1) is 15.6. The molecule has 0 fully saturated rings. The zero-order chi connectivity index (χ0) is 24.8. The molecule has 0 aliphatic heterocycles. The van der Waals surface area contributed by atoms with Crippen LogP contribution >= 0.6 is 0 Å². The van der Waals surface area contributed by atoms with Crippen LogP contribution in [-0.4, -0.2) is 67.2 Å². The number of nitriles is 1. The van der Waals surface area contributed by atoms with E-state index < -0.39 is 16.6 Å². The first-order valence-corrected chi connectivity index (χ1v) is 11.8. The maximum Gasteiger partial charge on any atom is 0.264 e. The summed E-state index contributed by atoms with van der Waals surface area (Å²) in [6.45, 7) is 4.05. The van der Waals surface area contributed by atoms with Crippen LogP contribution in [0.15, 0.2) is 41.3 Å². The minimum absolute atomic E-state index is 0.0911. The number of hydrogen-bond acceptors (Lipinski definition) is 7. The number of benzene rings is 2. The average Bonchev–Trinajstić information content (AvgIpc) is 2.82. The highest BCUT2D eigenvalue weighted by molar-refractivity contribution is 7.92. The van der Waals surface area contributed by atoms with Gasteiger partial charge < -0.3 is 19.3 Å². The smallest absolute Gasteiger partial charge is 0.264 e. The van der Waals surface area contributed by atoms with Gasteiger partial charge in [0, 0.05) is 38.9 Å². The number of nitrogens with zero attached hydrogens (tertiary/aromatic N) is 4. The Kier molecular flexibility index (Phi) is 8.54. The molecular formula is C23H30N4O5S. The number of amides is 1. The Hall–Kier alpha value is -3.45. The highest BCUT2D eigenvalue weighted by atomic mass is 32.2. The summed E-state index contributed by atoms with van der Waals surface area (Å²) < 4.78 is 39.1. The lowest BCUT2D eigenvalue weighted by molar-refractivity contribution is -0.129. The van der Waals surface area contributed by atoms with E-state index in [0.717, 1.165) is 4.31 Å². The molecule has 0 radical (unpaired) electrons. The second-order valence-corrected chi connectivity index (χ2v) is 9.16. The molecule has 0 bridgehead atoms. The van der Waals surface area contributed by atoms with Gasteiger partial charge in [0.25, 0.3) is 10.0 Å². The van der Waals surface area contributed by atoms with Gasteiger partial charge in [-0.25, -0.2) is 8.42 Å². The summed E-state index contributed by atoms with van der Waals surface area (Å²) in [5, 5.41) is 9.70. The first-order valence-electron chi connectivity index (χ1n) is 10.4. The second-order valence-electron chi connectivity index (χ2n) is 7.30. The predicted molar refractivity (Wildman–Crippen MR) is 127 cm³/mol. The number of anilines is 2. The molecule has 0 aliphatic rings. The minimum Gasteiger partial charge on any atom is -0.493 e. The molecule has 0 heterocycles. The van der Waals surface area contributed by atoms with Gasteiger partial charge in [-0.2, -0.15) is 5.26 Å². The van der Waals surface area contributed by atoms with E-state index in [-0.39, 0.29) is 27.8 Å². The highest BCUT2D eigenvalue weighted by Gasteiger charge is 2.31. The Morgan fingerprint density at radius 3 is 2.15 bits per heavy atom. The van der Waals surface area contributed by atoms with Crippen LogP contribution in [0.25, 0.3) is 0 Å². The Bertz CT molecular complexity index is 1140. The molecule has 0 atom stereocenters. The fourth-order valence-electron chi connectivity index (χ4n) is 3.30. The number of carbonyl (C=O) groups is 1. The van der Waals surface area contributed by atoms with Crippen molar-refractivity contribution in [2.75, 3.05) is 57.2 Å². The molecule has 178 valence electrons. The second kappa shape index (κ2) is 10.9. The molecular weight excluding hydrogens is 444 g/mol. The Morgan fingerprint density at radius 2 is 1.64 bits per heavy atom. The van der Waals surface area contributed by atoms with Gasteiger partial charge in [-0.3, -0.25) is 9.10 Å². The van der Waals surface area contributed by atoms with Crippen LogP contribution in [0.3, 0.4) is 0 Å². The van der Waals surface area contributed by atoms with Crippen LogP contribution in [0.2, 0.25) is 0 Å². The van der Waals surface area contributed by atoms with Crippen molar-refractivity contribution in [2.24, 2.45) is 0 Å². The normalized spacial score (nSPS) is 10.8. The van der Waals surface area contributed by atoms with Gasteiger partial charge >= 0.3 is 0 Å². The largest absolute Gasteiger partial charge is 0.493 e. The number of hydrogen-bond donors (Lipinski definition) is 0. The number of ether oxygens (including phenoxy) is 2. The molecule has 2 aromatic rings. The number of sulfonamides is 1. The molecule has 2 rings (SSSR count). The van der Waals surface area contributed by atoms with Crippen molar-refractivity contribution in [3.8, 4) is 17.6 Å². The predicted octanol–water partition coefficient (Wildman–Crippen LogP) is 2.71. The Balaban J connectivity index is 2.74.